The van der Waals surface area contributed by atoms with Crippen molar-refractivity contribution in [3.05, 3.63) is 29.5 Å². The zero-order chi connectivity index (χ0) is 13.4. The Hall–Kier alpha value is -1.35. The predicted molar refractivity (Wildman–Crippen MR) is 79.8 cm³/mol. The number of rotatable bonds is 2. The second-order valence-corrected chi connectivity index (χ2v) is 5.82. The van der Waals surface area contributed by atoms with Crippen LogP contribution >= 0.6 is 11.6 Å². The van der Waals surface area contributed by atoms with Crippen LogP contribution < -0.4 is 4.90 Å². The first-order chi connectivity index (χ1) is 9.16. The molecule has 0 saturated carbocycles. The van der Waals surface area contributed by atoms with E-state index in [9.17, 15) is 0 Å². The third-order valence-corrected chi connectivity index (χ3v) is 4.07. The summed E-state index contributed by atoms with van der Waals surface area (Å²) < 4.78 is 0. The second-order valence-electron chi connectivity index (χ2n) is 5.48. The minimum absolute atomic E-state index is 0.336. The highest BCUT2D eigenvalue weighted by Gasteiger charge is 2.29. The summed E-state index contributed by atoms with van der Waals surface area (Å²) in [4.78, 5) is 11.2. The molecule has 1 aliphatic heterocycles. The molecule has 2 heterocycles. The molecule has 1 unspecified atom stereocenters. The lowest BCUT2D eigenvalue weighted by Gasteiger charge is -2.29. The number of halogens is 1. The van der Waals surface area contributed by atoms with Crippen LogP contribution in [-0.4, -0.2) is 22.6 Å². The molecule has 0 amide bonds. The number of fused-ring (bicyclic) bond motifs is 1. The molecule has 1 aromatic heterocycles. The molecule has 0 bridgehead atoms. The molecule has 1 aliphatic rings. The highest BCUT2D eigenvalue weighted by molar-refractivity contribution is 6.28. The molecule has 0 aliphatic carbocycles. The summed E-state index contributed by atoms with van der Waals surface area (Å²) in [6.45, 7) is 5.60. The Morgan fingerprint density at radius 3 is 2.84 bits per heavy atom. The van der Waals surface area contributed by atoms with Crippen molar-refractivity contribution < 1.29 is 0 Å². The van der Waals surface area contributed by atoms with Crippen LogP contribution in [0.15, 0.2) is 24.3 Å². The van der Waals surface area contributed by atoms with Gasteiger partial charge in [0.2, 0.25) is 5.28 Å². The lowest BCUT2D eigenvalue weighted by molar-refractivity contribution is 0.490. The van der Waals surface area contributed by atoms with Crippen molar-refractivity contribution in [3.63, 3.8) is 0 Å². The Labute approximate surface area is 118 Å². The summed E-state index contributed by atoms with van der Waals surface area (Å²) in [6, 6.07) is 8.64. The SMILES string of the molecule is CC(C)C1CCCN1c1nc(Cl)nc2ccccc12. The fourth-order valence-electron chi connectivity index (χ4n) is 3.00. The van der Waals surface area contributed by atoms with Gasteiger partial charge in [-0.05, 0) is 42.5 Å². The van der Waals surface area contributed by atoms with Crippen molar-refractivity contribution >= 4 is 28.3 Å². The minimum Gasteiger partial charge on any atom is -0.353 e. The molecule has 1 saturated heterocycles. The summed E-state index contributed by atoms with van der Waals surface area (Å²) in [5, 5.41) is 1.43. The van der Waals surface area contributed by atoms with Crippen LogP contribution in [0.5, 0.6) is 0 Å². The van der Waals surface area contributed by atoms with E-state index < -0.39 is 0 Å². The van der Waals surface area contributed by atoms with Crippen molar-refractivity contribution in [1.29, 1.82) is 0 Å². The Morgan fingerprint density at radius 2 is 2.05 bits per heavy atom. The lowest BCUT2D eigenvalue weighted by Crippen LogP contribution is -2.34. The van der Waals surface area contributed by atoms with Crippen molar-refractivity contribution in [3.8, 4) is 0 Å². The van der Waals surface area contributed by atoms with Gasteiger partial charge in [-0.15, -0.1) is 0 Å². The van der Waals surface area contributed by atoms with Crippen molar-refractivity contribution in [2.45, 2.75) is 32.7 Å². The van der Waals surface area contributed by atoms with E-state index in [0.717, 1.165) is 23.3 Å². The van der Waals surface area contributed by atoms with E-state index in [0.29, 0.717) is 17.2 Å². The van der Waals surface area contributed by atoms with Gasteiger partial charge in [0.05, 0.1) is 5.52 Å². The van der Waals surface area contributed by atoms with E-state index in [1.165, 1.54) is 12.8 Å². The third-order valence-electron chi connectivity index (χ3n) is 3.90. The maximum Gasteiger partial charge on any atom is 0.224 e. The van der Waals surface area contributed by atoms with Crippen LogP contribution in [0.3, 0.4) is 0 Å². The first-order valence-electron chi connectivity index (χ1n) is 6.86. The first-order valence-corrected chi connectivity index (χ1v) is 7.23. The van der Waals surface area contributed by atoms with Crippen molar-refractivity contribution in [2.75, 3.05) is 11.4 Å². The standard InChI is InChI=1S/C15H18ClN3/c1-10(2)13-8-5-9-19(13)14-11-6-3-4-7-12(11)17-15(16)18-14/h3-4,6-7,10,13H,5,8-9H2,1-2H3. The van der Waals surface area contributed by atoms with Gasteiger partial charge < -0.3 is 4.90 Å². The average molecular weight is 276 g/mol. The molecule has 0 spiro atoms. The van der Waals surface area contributed by atoms with E-state index in [1.54, 1.807) is 0 Å². The van der Waals surface area contributed by atoms with Gasteiger partial charge in [0.15, 0.2) is 0 Å². The molecule has 1 aromatic carbocycles. The zero-order valence-corrected chi connectivity index (χ0v) is 12.1. The Bertz CT molecular complexity index is 597. The molecule has 3 rings (SSSR count). The van der Waals surface area contributed by atoms with Crippen molar-refractivity contribution in [1.82, 2.24) is 9.97 Å². The highest BCUT2D eigenvalue weighted by Crippen LogP contribution is 2.33. The Morgan fingerprint density at radius 1 is 1.26 bits per heavy atom. The average Bonchev–Trinajstić information content (AvgIpc) is 2.86. The molecule has 100 valence electrons. The second kappa shape index (κ2) is 4.97. The van der Waals surface area contributed by atoms with Gasteiger partial charge in [-0.25, -0.2) is 4.98 Å². The van der Waals surface area contributed by atoms with Crippen LogP contribution in [0.25, 0.3) is 10.9 Å². The van der Waals surface area contributed by atoms with Crippen molar-refractivity contribution in [2.24, 2.45) is 5.92 Å². The van der Waals surface area contributed by atoms with Crippen LogP contribution in [0.1, 0.15) is 26.7 Å². The molecule has 2 aromatic rings. The van der Waals surface area contributed by atoms with Gasteiger partial charge in [-0.3, -0.25) is 0 Å². The molecule has 1 fully saturated rings. The Kier molecular flexibility index (Phi) is 3.31. The summed E-state index contributed by atoms with van der Waals surface area (Å²) in [5.74, 6) is 1.61. The quantitative estimate of drug-likeness (QED) is 0.778. The van der Waals surface area contributed by atoms with E-state index in [4.69, 9.17) is 11.6 Å². The van der Waals surface area contributed by atoms with E-state index >= 15 is 0 Å². The van der Waals surface area contributed by atoms with Gasteiger partial charge in [0.1, 0.15) is 5.82 Å². The normalized spacial score (nSPS) is 19.6. The van der Waals surface area contributed by atoms with Crippen LogP contribution in [0, 0.1) is 5.92 Å². The maximum atomic E-state index is 6.08. The van der Waals surface area contributed by atoms with Gasteiger partial charge in [0, 0.05) is 18.0 Å². The third kappa shape index (κ3) is 2.27. The van der Waals surface area contributed by atoms with E-state index in [1.807, 2.05) is 18.2 Å². The fourth-order valence-corrected chi connectivity index (χ4v) is 3.17. The molecular weight excluding hydrogens is 258 g/mol. The van der Waals surface area contributed by atoms with Crippen LogP contribution in [-0.2, 0) is 0 Å². The smallest absolute Gasteiger partial charge is 0.224 e. The molecule has 1 atom stereocenters. The monoisotopic (exact) mass is 275 g/mol. The first kappa shape index (κ1) is 12.7. The molecule has 19 heavy (non-hydrogen) atoms. The number of hydrogen-bond donors (Lipinski definition) is 0. The van der Waals surface area contributed by atoms with Gasteiger partial charge in [-0.1, -0.05) is 26.0 Å². The summed E-state index contributed by atoms with van der Waals surface area (Å²) in [5.41, 5.74) is 0.923. The highest BCUT2D eigenvalue weighted by atomic mass is 35.5. The van der Waals surface area contributed by atoms with Gasteiger partial charge in [-0.2, -0.15) is 4.98 Å². The molecule has 3 nitrogen and oxygen atoms in total. The molecule has 4 heteroatoms. The van der Waals surface area contributed by atoms with Gasteiger partial charge >= 0.3 is 0 Å². The number of hydrogen-bond acceptors (Lipinski definition) is 3. The maximum absolute atomic E-state index is 6.08. The number of para-hydroxylation sites is 1. The zero-order valence-electron chi connectivity index (χ0n) is 11.3. The minimum atomic E-state index is 0.336. The number of anilines is 1. The van der Waals surface area contributed by atoms with Crippen LogP contribution in [0.2, 0.25) is 5.28 Å². The summed E-state index contributed by atoms with van der Waals surface area (Å²) in [7, 11) is 0. The molecule has 0 N–H and O–H groups in total. The summed E-state index contributed by atoms with van der Waals surface area (Å²) >= 11 is 6.08. The van der Waals surface area contributed by atoms with Crippen LogP contribution in [0.4, 0.5) is 5.82 Å². The fraction of sp³-hybridized carbons (Fsp3) is 0.467. The lowest BCUT2D eigenvalue weighted by atomic mass is 10.0. The predicted octanol–water partition coefficient (Wildman–Crippen LogP) is 3.91. The number of benzene rings is 1. The van der Waals surface area contributed by atoms with Gasteiger partial charge in [0.25, 0.3) is 0 Å². The topological polar surface area (TPSA) is 29.0 Å². The number of nitrogens with zero attached hydrogens (tertiary/aromatic N) is 3. The Balaban J connectivity index is 2.14. The van der Waals surface area contributed by atoms with E-state index in [-0.39, 0.29) is 0 Å². The molecular formula is C15H18ClN3. The largest absolute Gasteiger partial charge is 0.353 e. The molecule has 0 radical (unpaired) electrons. The number of aromatic nitrogens is 2. The van der Waals surface area contributed by atoms with E-state index in [2.05, 4.69) is 34.8 Å². The summed E-state index contributed by atoms with van der Waals surface area (Å²) in [6.07, 6.45) is 2.45.